The molecule has 0 fully saturated rings. The summed E-state index contributed by atoms with van der Waals surface area (Å²) in [6.45, 7) is 0.626. The van der Waals surface area contributed by atoms with Crippen LogP contribution in [0.15, 0.2) is 27.6 Å². The molecule has 1 aromatic carbocycles. The largest absolute Gasteiger partial charge is 0.495 e. The zero-order chi connectivity index (χ0) is 13.8. The summed E-state index contributed by atoms with van der Waals surface area (Å²) in [5, 5.41) is 0. The van der Waals surface area contributed by atoms with Gasteiger partial charge in [-0.3, -0.25) is 0 Å². The summed E-state index contributed by atoms with van der Waals surface area (Å²) in [5.41, 5.74) is 0. The fourth-order valence-corrected chi connectivity index (χ4v) is 3.20. The van der Waals surface area contributed by atoms with Gasteiger partial charge in [-0.25, -0.2) is 8.42 Å². The molecule has 0 saturated carbocycles. The molecule has 0 spiro atoms. The van der Waals surface area contributed by atoms with E-state index in [0.29, 0.717) is 16.8 Å². The fraction of sp³-hybridized carbons (Fsp3) is 0.455. The number of methoxy groups -OCH3 is 2. The minimum atomic E-state index is -3.58. The molecule has 1 rings (SSSR count). The molecule has 0 radical (unpaired) electrons. The maximum atomic E-state index is 12.3. The van der Waals surface area contributed by atoms with E-state index in [4.69, 9.17) is 9.47 Å². The Morgan fingerprint density at radius 1 is 1.33 bits per heavy atom. The Balaban J connectivity index is 3.14. The van der Waals surface area contributed by atoms with Gasteiger partial charge >= 0.3 is 0 Å². The number of hydrogen-bond donors (Lipinski definition) is 0. The van der Waals surface area contributed by atoms with E-state index in [-0.39, 0.29) is 11.4 Å². The van der Waals surface area contributed by atoms with E-state index in [1.807, 2.05) is 0 Å². The monoisotopic (exact) mass is 337 g/mol. The van der Waals surface area contributed by atoms with Gasteiger partial charge in [0.1, 0.15) is 10.6 Å². The average molecular weight is 338 g/mol. The molecule has 0 aliphatic carbocycles. The van der Waals surface area contributed by atoms with Crippen molar-refractivity contribution in [3.63, 3.8) is 0 Å². The maximum absolute atomic E-state index is 12.3. The van der Waals surface area contributed by atoms with Crippen LogP contribution in [0.3, 0.4) is 0 Å². The highest BCUT2D eigenvalue weighted by atomic mass is 79.9. The van der Waals surface area contributed by atoms with Gasteiger partial charge in [0.15, 0.2) is 0 Å². The SMILES string of the molecule is COCCN(C)S(=O)(=O)c1cc(Br)ccc1OC. The van der Waals surface area contributed by atoms with Crippen molar-refractivity contribution in [1.29, 1.82) is 0 Å². The van der Waals surface area contributed by atoms with E-state index in [1.165, 1.54) is 31.6 Å². The van der Waals surface area contributed by atoms with Crippen LogP contribution < -0.4 is 4.74 Å². The summed E-state index contributed by atoms with van der Waals surface area (Å²) < 4.78 is 36.6. The molecule has 0 bridgehead atoms. The summed E-state index contributed by atoms with van der Waals surface area (Å²) in [5.74, 6) is 0.322. The first kappa shape index (κ1) is 15.4. The number of halogens is 1. The Hall–Kier alpha value is -0.630. The topological polar surface area (TPSA) is 55.8 Å². The molecular formula is C11H16BrNO4S. The zero-order valence-corrected chi connectivity index (χ0v) is 12.9. The second kappa shape index (κ2) is 6.51. The van der Waals surface area contributed by atoms with Gasteiger partial charge in [0.25, 0.3) is 0 Å². The van der Waals surface area contributed by atoms with E-state index in [0.717, 1.165) is 0 Å². The normalized spacial score (nSPS) is 11.8. The lowest BCUT2D eigenvalue weighted by Crippen LogP contribution is -2.30. The zero-order valence-electron chi connectivity index (χ0n) is 10.5. The molecule has 0 heterocycles. The molecule has 102 valence electrons. The molecule has 0 unspecified atom stereocenters. The van der Waals surface area contributed by atoms with Gasteiger partial charge in [-0.05, 0) is 18.2 Å². The summed E-state index contributed by atoms with van der Waals surface area (Å²) in [6.07, 6.45) is 0. The molecule has 0 aromatic heterocycles. The van der Waals surface area contributed by atoms with Gasteiger partial charge < -0.3 is 9.47 Å². The first-order chi connectivity index (χ1) is 8.43. The molecule has 0 amide bonds. The first-order valence-electron chi connectivity index (χ1n) is 5.22. The van der Waals surface area contributed by atoms with Gasteiger partial charge in [-0.15, -0.1) is 0 Å². The number of rotatable bonds is 6. The van der Waals surface area contributed by atoms with Crippen molar-refractivity contribution in [3.8, 4) is 5.75 Å². The van der Waals surface area contributed by atoms with Crippen LogP contribution in [-0.2, 0) is 14.8 Å². The third-order valence-corrected chi connectivity index (χ3v) is 4.80. The molecule has 0 aliphatic rings. The van der Waals surface area contributed by atoms with Crippen LogP contribution in [0.4, 0.5) is 0 Å². The molecule has 1 aromatic rings. The molecule has 5 nitrogen and oxygen atoms in total. The van der Waals surface area contributed by atoms with Crippen LogP contribution in [0, 0.1) is 0 Å². The molecule has 0 aliphatic heterocycles. The van der Waals surface area contributed by atoms with Gasteiger partial charge in [0.05, 0.1) is 13.7 Å². The van der Waals surface area contributed by atoms with Crippen molar-refractivity contribution < 1.29 is 17.9 Å². The summed E-state index contributed by atoms with van der Waals surface area (Å²) >= 11 is 3.26. The van der Waals surface area contributed by atoms with Crippen LogP contribution >= 0.6 is 15.9 Å². The van der Waals surface area contributed by atoms with Crippen LogP contribution in [0.1, 0.15) is 0 Å². The van der Waals surface area contributed by atoms with Gasteiger partial charge in [-0.2, -0.15) is 4.31 Å². The quantitative estimate of drug-likeness (QED) is 0.793. The predicted molar refractivity (Wildman–Crippen MR) is 72.4 cm³/mol. The number of likely N-dealkylation sites (N-methyl/N-ethyl adjacent to an activating group) is 1. The van der Waals surface area contributed by atoms with Gasteiger partial charge in [-0.1, -0.05) is 15.9 Å². The number of ether oxygens (including phenoxy) is 2. The summed E-state index contributed by atoms with van der Waals surface area (Å²) in [4.78, 5) is 0.137. The van der Waals surface area contributed by atoms with E-state index in [9.17, 15) is 8.42 Å². The van der Waals surface area contributed by atoms with Crippen molar-refractivity contribution in [3.05, 3.63) is 22.7 Å². The van der Waals surface area contributed by atoms with Crippen LogP contribution in [0.2, 0.25) is 0 Å². The Morgan fingerprint density at radius 2 is 2.00 bits per heavy atom. The number of sulfonamides is 1. The molecule has 18 heavy (non-hydrogen) atoms. The van der Waals surface area contributed by atoms with Gasteiger partial charge in [0, 0.05) is 25.2 Å². The fourth-order valence-electron chi connectivity index (χ4n) is 1.36. The smallest absolute Gasteiger partial charge is 0.246 e. The summed E-state index contributed by atoms with van der Waals surface area (Å²) in [7, 11) is 0.900. The standard InChI is InChI=1S/C11H16BrNO4S/c1-13(6-7-16-2)18(14,15)11-8-9(12)4-5-10(11)17-3/h4-5,8H,6-7H2,1-3H3. The third-order valence-electron chi connectivity index (χ3n) is 2.42. The second-order valence-electron chi connectivity index (χ2n) is 3.61. The Labute approximate surface area is 116 Å². The van der Waals surface area contributed by atoms with Crippen LogP contribution in [0.5, 0.6) is 5.75 Å². The summed E-state index contributed by atoms with van der Waals surface area (Å²) in [6, 6.07) is 4.87. The van der Waals surface area contributed by atoms with Crippen molar-refractivity contribution in [1.82, 2.24) is 4.31 Å². The molecule has 0 atom stereocenters. The van der Waals surface area contributed by atoms with Crippen molar-refractivity contribution in [2.24, 2.45) is 0 Å². The van der Waals surface area contributed by atoms with Crippen molar-refractivity contribution in [2.75, 3.05) is 34.4 Å². The lowest BCUT2D eigenvalue weighted by molar-refractivity contribution is 0.185. The predicted octanol–water partition coefficient (Wildman–Crippen LogP) is 1.72. The number of benzene rings is 1. The minimum Gasteiger partial charge on any atom is -0.495 e. The maximum Gasteiger partial charge on any atom is 0.246 e. The Bertz CT molecular complexity index is 504. The third kappa shape index (κ3) is 3.44. The highest BCUT2D eigenvalue weighted by Crippen LogP contribution is 2.29. The first-order valence-corrected chi connectivity index (χ1v) is 7.45. The number of nitrogens with zero attached hydrogens (tertiary/aromatic N) is 1. The highest BCUT2D eigenvalue weighted by Gasteiger charge is 2.24. The molecular weight excluding hydrogens is 322 g/mol. The molecule has 0 saturated heterocycles. The lowest BCUT2D eigenvalue weighted by Gasteiger charge is -2.18. The molecule has 0 N–H and O–H groups in total. The van der Waals surface area contributed by atoms with Crippen molar-refractivity contribution >= 4 is 26.0 Å². The average Bonchev–Trinajstić information content (AvgIpc) is 2.35. The molecule has 7 heteroatoms. The second-order valence-corrected chi connectivity index (χ2v) is 6.54. The van der Waals surface area contributed by atoms with E-state index in [2.05, 4.69) is 15.9 Å². The van der Waals surface area contributed by atoms with E-state index >= 15 is 0 Å². The Morgan fingerprint density at radius 3 is 2.56 bits per heavy atom. The van der Waals surface area contributed by atoms with E-state index < -0.39 is 10.0 Å². The minimum absolute atomic E-state index is 0.137. The Kier molecular flexibility index (Phi) is 5.58. The number of hydrogen-bond acceptors (Lipinski definition) is 4. The van der Waals surface area contributed by atoms with Gasteiger partial charge in [0.2, 0.25) is 10.0 Å². The van der Waals surface area contributed by atoms with E-state index in [1.54, 1.807) is 12.1 Å². The van der Waals surface area contributed by atoms with Crippen molar-refractivity contribution in [2.45, 2.75) is 4.90 Å². The van der Waals surface area contributed by atoms with Crippen LogP contribution in [0.25, 0.3) is 0 Å². The highest BCUT2D eigenvalue weighted by molar-refractivity contribution is 9.10. The van der Waals surface area contributed by atoms with Crippen LogP contribution in [-0.4, -0.2) is 47.1 Å². The lowest BCUT2D eigenvalue weighted by atomic mass is 10.3.